The van der Waals surface area contributed by atoms with Crippen molar-refractivity contribution in [3.63, 3.8) is 0 Å². The second-order valence-corrected chi connectivity index (χ2v) is 9.08. The molecule has 0 aliphatic carbocycles. The van der Waals surface area contributed by atoms with Gasteiger partial charge < -0.3 is 23.9 Å². The summed E-state index contributed by atoms with van der Waals surface area (Å²) in [4.78, 5) is 25.6. The molecule has 4 aromatic rings. The van der Waals surface area contributed by atoms with E-state index in [1.54, 1.807) is 40.6 Å². The number of carbonyl (C=O) groups excluding carboxylic acids is 1. The van der Waals surface area contributed by atoms with Crippen molar-refractivity contribution in [2.24, 2.45) is 0 Å². The number of aromatic nitrogens is 4. The van der Waals surface area contributed by atoms with Crippen LogP contribution >= 0.6 is 0 Å². The number of fused-ring (bicyclic) bond motifs is 1. The van der Waals surface area contributed by atoms with E-state index in [0.717, 1.165) is 0 Å². The average molecular weight is 551 g/mol. The van der Waals surface area contributed by atoms with E-state index in [2.05, 4.69) is 19.7 Å². The van der Waals surface area contributed by atoms with E-state index < -0.39 is 24.1 Å². The average Bonchev–Trinajstić information content (AvgIpc) is 3.18. The fraction of sp³-hybridized carbons (Fsp3) is 0.308. The number of imidazole rings is 1. The molecule has 0 spiro atoms. The van der Waals surface area contributed by atoms with Gasteiger partial charge in [-0.1, -0.05) is 18.2 Å². The van der Waals surface area contributed by atoms with Crippen molar-refractivity contribution >= 4 is 17.6 Å². The molecule has 1 aromatic carbocycles. The molecule has 0 N–H and O–H groups in total. The number of alkyl halides is 3. The van der Waals surface area contributed by atoms with Gasteiger partial charge in [-0.25, -0.2) is 23.7 Å². The van der Waals surface area contributed by atoms with Crippen LogP contribution in [0.3, 0.4) is 0 Å². The number of benzene rings is 1. The van der Waals surface area contributed by atoms with Crippen molar-refractivity contribution < 1.29 is 61.8 Å². The number of rotatable bonds is 7. The van der Waals surface area contributed by atoms with Crippen LogP contribution in [0.1, 0.15) is 29.8 Å². The zero-order valence-corrected chi connectivity index (χ0v) is 23.2. The van der Waals surface area contributed by atoms with E-state index in [1.165, 1.54) is 24.5 Å². The Kier molecular flexibility index (Phi) is 8.48. The summed E-state index contributed by atoms with van der Waals surface area (Å²) in [5, 5.41) is 11.0. The fourth-order valence-corrected chi connectivity index (χ4v) is 4.59. The number of hydrogen-bond donors (Lipinski definition) is 0. The van der Waals surface area contributed by atoms with Crippen LogP contribution in [0.4, 0.5) is 23.5 Å². The van der Waals surface area contributed by atoms with Crippen LogP contribution in [-0.4, -0.2) is 50.7 Å². The summed E-state index contributed by atoms with van der Waals surface area (Å²) in [5.74, 6) is -1.96. The third kappa shape index (κ3) is 5.87. The Labute approximate surface area is 243 Å². The minimum Gasteiger partial charge on any atom is -0.547 e. The summed E-state index contributed by atoms with van der Waals surface area (Å²) >= 11 is 0. The number of carboxylic acid groups (broad SMARTS) is 1. The third-order valence-corrected chi connectivity index (χ3v) is 6.71. The number of ether oxygens (including phenoxy) is 1. The van der Waals surface area contributed by atoms with Gasteiger partial charge >= 0.3 is 36.2 Å². The van der Waals surface area contributed by atoms with Gasteiger partial charge in [0, 0.05) is 79.4 Å². The van der Waals surface area contributed by atoms with E-state index in [1.807, 2.05) is 0 Å². The van der Waals surface area contributed by atoms with Gasteiger partial charge in [-0.3, -0.25) is 0 Å². The molecule has 0 bridgehead atoms. The Bertz CT molecular complexity index is 1490. The number of anilines is 1. The SMILES string of the molecule is Cc1nc2cc(F)c(-c3cnc(N4CCC(F)(C(=O)[O-])CC4)nc3)cn2c1Cc1ccccc1OC(F)F.[Na+]. The van der Waals surface area contributed by atoms with Gasteiger partial charge in [0.05, 0.1) is 11.7 Å². The number of piperidine rings is 1. The van der Waals surface area contributed by atoms with E-state index in [9.17, 15) is 23.1 Å². The van der Waals surface area contributed by atoms with Crippen molar-refractivity contribution in [2.75, 3.05) is 18.0 Å². The fourth-order valence-electron chi connectivity index (χ4n) is 4.59. The number of halogens is 4. The summed E-state index contributed by atoms with van der Waals surface area (Å²) < 4.78 is 61.4. The van der Waals surface area contributed by atoms with Crippen LogP contribution in [0.15, 0.2) is 48.9 Å². The Morgan fingerprint density at radius 1 is 1.18 bits per heavy atom. The zero-order valence-electron chi connectivity index (χ0n) is 21.2. The van der Waals surface area contributed by atoms with Crippen molar-refractivity contribution in [1.82, 2.24) is 19.4 Å². The first-order valence-corrected chi connectivity index (χ1v) is 11.8. The van der Waals surface area contributed by atoms with E-state index >= 15 is 4.39 Å². The maximum Gasteiger partial charge on any atom is 1.00 e. The van der Waals surface area contributed by atoms with Gasteiger partial charge in [0.2, 0.25) is 5.95 Å². The monoisotopic (exact) mass is 551 g/mol. The van der Waals surface area contributed by atoms with Crippen LogP contribution in [0, 0.1) is 12.7 Å². The van der Waals surface area contributed by atoms with Crippen LogP contribution in [0.5, 0.6) is 5.75 Å². The quantitative estimate of drug-likeness (QED) is 0.244. The number of para-hydroxylation sites is 1. The summed E-state index contributed by atoms with van der Waals surface area (Å²) in [6, 6.07) is 7.71. The van der Waals surface area contributed by atoms with Gasteiger partial charge in [0.1, 0.15) is 17.2 Å². The molecule has 0 radical (unpaired) electrons. The van der Waals surface area contributed by atoms with Gasteiger partial charge in [-0.05, 0) is 13.0 Å². The van der Waals surface area contributed by atoms with Gasteiger partial charge in [0.25, 0.3) is 0 Å². The Morgan fingerprint density at radius 3 is 2.49 bits per heavy atom. The van der Waals surface area contributed by atoms with Crippen molar-refractivity contribution in [2.45, 2.75) is 38.5 Å². The summed E-state index contributed by atoms with van der Waals surface area (Å²) in [6.07, 6.45) is 4.12. The molecule has 3 aromatic heterocycles. The van der Waals surface area contributed by atoms with Gasteiger partial charge in [-0.2, -0.15) is 8.78 Å². The molecule has 13 heteroatoms. The smallest absolute Gasteiger partial charge is 0.547 e. The van der Waals surface area contributed by atoms with Crippen LogP contribution in [-0.2, 0) is 11.2 Å². The molecule has 1 saturated heterocycles. The van der Waals surface area contributed by atoms with Crippen molar-refractivity contribution in [3.8, 4) is 16.9 Å². The Balaban J connectivity index is 0.00000353. The summed E-state index contributed by atoms with van der Waals surface area (Å²) in [7, 11) is 0. The molecule has 0 atom stereocenters. The van der Waals surface area contributed by atoms with E-state index in [0.29, 0.717) is 28.2 Å². The van der Waals surface area contributed by atoms with Crippen LogP contribution in [0.25, 0.3) is 16.8 Å². The molecular formula is C26H22F4N5NaO3. The molecule has 8 nitrogen and oxygen atoms in total. The third-order valence-electron chi connectivity index (χ3n) is 6.71. The van der Waals surface area contributed by atoms with Crippen molar-refractivity contribution in [1.29, 1.82) is 0 Å². The standard InChI is InChI=1S/C26H23F4N5O3.Na/c1-15-20(10-16-4-2-3-5-21(16)38-24(28)29)35-14-18(19(27)11-22(35)33-15)17-12-31-25(32-13-17)34-8-6-26(30,7-9-34)23(36)37;/h2-5,11-14,24H,6-10H2,1H3,(H,36,37);/q;+1/p-1. The maximum atomic E-state index is 15.1. The Morgan fingerprint density at radius 2 is 1.85 bits per heavy atom. The number of pyridine rings is 1. The van der Waals surface area contributed by atoms with Gasteiger partial charge in [0.15, 0.2) is 5.67 Å². The first kappa shape index (κ1) is 28.8. The number of nitrogens with zero attached hydrogens (tertiary/aromatic N) is 5. The predicted octanol–water partition coefficient (Wildman–Crippen LogP) is 0.493. The number of hydrogen-bond acceptors (Lipinski definition) is 7. The first-order chi connectivity index (χ1) is 18.1. The largest absolute Gasteiger partial charge is 1.00 e. The molecule has 1 fully saturated rings. The van der Waals surface area contributed by atoms with Crippen molar-refractivity contribution in [3.05, 3.63) is 71.7 Å². The molecule has 5 rings (SSSR count). The summed E-state index contributed by atoms with van der Waals surface area (Å²) in [6.45, 7) is -1.03. The topological polar surface area (TPSA) is 95.7 Å². The zero-order chi connectivity index (χ0) is 27.0. The number of aryl methyl sites for hydroxylation is 1. The minimum atomic E-state index is -2.97. The minimum absolute atomic E-state index is 0. The first-order valence-electron chi connectivity index (χ1n) is 11.8. The molecular weight excluding hydrogens is 529 g/mol. The molecule has 1 aliphatic rings. The second-order valence-electron chi connectivity index (χ2n) is 9.08. The predicted molar refractivity (Wildman–Crippen MR) is 127 cm³/mol. The van der Waals surface area contributed by atoms with E-state index in [4.69, 9.17) is 0 Å². The second kappa shape index (κ2) is 11.5. The van der Waals surface area contributed by atoms with Crippen LogP contribution < -0.4 is 44.3 Å². The molecule has 1 aliphatic heterocycles. The summed E-state index contributed by atoms with van der Waals surface area (Å²) in [5.41, 5.74) is 0.331. The van der Waals surface area contributed by atoms with E-state index in [-0.39, 0.29) is 79.2 Å². The number of carbonyl (C=O) groups is 1. The normalized spacial score (nSPS) is 14.9. The molecule has 4 heterocycles. The Hall–Kier alpha value is -3.22. The molecule has 39 heavy (non-hydrogen) atoms. The number of aliphatic carboxylic acids is 1. The van der Waals surface area contributed by atoms with Crippen LogP contribution in [0.2, 0.25) is 0 Å². The maximum absolute atomic E-state index is 15.1. The van der Waals surface area contributed by atoms with Gasteiger partial charge in [-0.15, -0.1) is 0 Å². The molecule has 0 saturated carbocycles. The molecule has 0 unspecified atom stereocenters. The molecule has 198 valence electrons. The number of carboxylic acids is 1. The molecule has 0 amide bonds.